The van der Waals surface area contributed by atoms with Crippen molar-refractivity contribution in [2.45, 2.75) is 56.9 Å². The number of nitrogens with zero attached hydrogens (tertiary/aromatic N) is 2. The Kier molecular flexibility index (Phi) is 9.31. The van der Waals surface area contributed by atoms with Crippen LogP contribution in [0, 0.1) is 11.8 Å². The number of carboxylic acid groups (broad SMARTS) is 1. The molecule has 0 atom stereocenters. The van der Waals surface area contributed by atoms with E-state index < -0.39 is 65.4 Å². The van der Waals surface area contributed by atoms with Crippen molar-refractivity contribution in [3.05, 3.63) is 34.9 Å². The molecule has 3 rings (SSSR count). The Labute approximate surface area is 221 Å². The highest BCUT2D eigenvalue weighted by atomic mass is 19.4. The van der Waals surface area contributed by atoms with Crippen LogP contribution in [0.25, 0.3) is 0 Å². The highest BCUT2D eigenvalue weighted by molar-refractivity contribution is 5.99. The lowest BCUT2D eigenvalue weighted by Crippen LogP contribution is -2.52. The number of halogens is 9. The fourth-order valence-corrected chi connectivity index (χ4v) is 4.80. The maximum absolute atomic E-state index is 13.7. The van der Waals surface area contributed by atoms with E-state index in [2.05, 4.69) is 4.74 Å². The van der Waals surface area contributed by atoms with Gasteiger partial charge in [0.05, 0.1) is 11.5 Å². The topological polar surface area (TPSA) is 87.2 Å². The minimum absolute atomic E-state index is 0.0131. The lowest BCUT2D eigenvalue weighted by Gasteiger charge is -2.35. The summed E-state index contributed by atoms with van der Waals surface area (Å²) in [4.78, 5) is 38.4. The number of carbonyl (C=O) groups is 3. The van der Waals surface area contributed by atoms with Crippen LogP contribution < -0.4 is 0 Å². The molecule has 0 radical (unpaired) electrons. The van der Waals surface area contributed by atoms with Crippen molar-refractivity contribution < 1.29 is 63.7 Å². The number of ether oxygens (including phenoxy) is 1. The van der Waals surface area contributed by atoms with Crippen molar-refractivity contribution in [1.29, 1.82) is 0 Å². The molecular formula is C24H25F9N2O5. The highest BCUT2D eigenvalue weighted by Gasteiger charge is 2.60. The first-order valence-corrected chi connectivity index (χ1v) is 12.2. The van der Waals surface area contributed by atoms with E-state index in [0.717, 1.165) is 18.2 Å². The number of hydrogen-bond acceptors (Lipinski definition) is 5. The van der Waals surface area contributed by atoms with Crippen LogP contribution in [-0.4, -0.2) is 77.4 Å². The predicted molar refractivity (Wildman–Crippen MR) is 118 cm³/mol. The minimum atomic E-state index is -5.86. The van der Waals surface area contributed by atoms with Gasteiger partial charge in [-0.15, -0.1) is 0 Å². The standard InChI is InChI=1S/C24H25F9N2O5/c25-22(26,27)17-6-1-13(11-16(17)18(36)14-2-4-15(5-3-14)19(37)38)12-34-7-9-35(10-8-34)21(39)40-20(23(28,29)30)24(31,32)33/h1,6,11,14-15,20H,2-5,7-10,12H2,(H,37,38). The quantitative estimate of drug-likeness (QED) is 0.346. The molecule has 1 N–H and O–H groups in total. The van der Waals surface area contributed by atoms with Crippen molar-refractivity contribution in [3.63, 3.8) is 0 Å². The van der Waals surface area contributed by atoms with E-state index in [1.54, 1.807) is 4.90 Å². The third-order valence-corrected chi connectivity index (χ3v) is 6.95. The molecule has 1 aromatic carbocycles. The van der Waals surface area contributed by atoms with Gasteiger partial charge in [0.15, 0.2) is 5.78 Å². The number of hydrogen-bond donors (Lipinski definition) is 1. The van der Waals surface area contributed by atoms with E-state index in [-0.39, 0.29) is 58.4 Å². The monoisotopic (exact) mass is 592 g/mol. The smallest absolute Gasteiger partial charge is 0.434 e. The summed E-state index contributed by atoms with van der Waals surface area (Å²) in [5.41, 5.74) is -1.41. The van der Waals surface area contributed by atoms with Crippen LogP contribution in [0.15, 0.2) is 18.2 Å². The van der Waals surface area contributed by atoms with E-state index in [1.165, 1.54) is 0 Å². The van der Waals surface area contributed by atoms with Gasteiger partial charge in [-0.05, 0) is 43.4 Å². The normalized spacial score (nSPS) is 21.4. The summed E-state index contributed by atoms with van der Waals surface area (Å²) in [6.45, 7) is -0.704. The molecule has 1 saturated carbocycles. The molecular weight excluding hydrogens is 567 g/mol. The summed E-state index contributed by atoms with van der Waals surface area (Å²) < 4.78 is 121. The van der Waals surface area contributed by atoms with Gasteiger partial charge < -0.3 is 14.7 Å². The summed E-state index contributed by atoms with van der Waals surface area (Å²) in [7, 11) is 0. The molecule has 16 heteroatoms. The summed E-state index contributed by atoms with van der Waals surface area (Å²) in [5, 5.41) is 9.12. The zero-order chi connectivity index (χ0) is 30.0. The number of aliphatic carboxylic acids is 1. The average Bonchev–Trinajstić information content (AvgIpc) is 2.85. The molecule has 1 amide bonds. The Hall–Kier alpha value is -3.04. The van der Waals surface area contributed by atoms with Gasteiger partial charge >= 0.3 is 30.6 Å². The van der Waals surface area contributed by atoms with E-state index in [1.807, 2.05) is 0 Å². The summed E-state index contributed by atoms with van der Waals surface area (Å²) in [5.74, 6) is -3.23. The maximum atomic E-state index is 13.7. The van der Waals surface area contributed by atoms with E-state index in [4.69, 9.17) is 5.11 Å². The fraction of sp³-hybridized carbons (Fsp3) is 0.625. The molecule has 2 aliphatic rings. The molecule has 1 saturated heterocycles. The highest BCUT2D eigenvalue weighted by Crippen LogP contribution is 2.38. The lowest BCUT2D eigenvalue weighted by molar-refractivity contribution is -0.308. The van der Waals surface area contributed by atoms with Crippen molar-refractivity contribution >= 4 is 17.8 Å². The second kappa shape index (κ2) is 11.8. The van der Waals surface area contributed by atoms with Crippen LogP contribution in [0.1, 0.15) is 47.2 Å². The number of alkyl halides is 9. The van der Waals surface area contributed by atoms with Gasteiger partial charge in [0.1, 0.15) is 0 Å². The zero-order valence-electron chi connectivity index (χ0n) is 20.7. The largest absolute Gasteiger partial charge is 0.481 e. The van der Waals surface area contributed by atoms with E-state index in [0.29, 0.717) is 10.5 Å². The Balaban J connectivity index is 1.66. The molecule has 0 unspecified atom stereocenters. The minimum Gasteiger partial charge on any atom is -0.481 e. The van der Waals surface area contributed by atoms with Gasteiger partial charge in [0, 0.05) is 44.2 Å². The molecule has 1 aliphatic carbocycles. The summed E-state index contributed by atoms with van der Waals surface area (Å²) >= 11 is 0. The Morgan fingerprint density at radius 1 is 0.850 bits per heavy atom. The van der Waals surface area contributed by atoms with Crippen molar-refractivity contribution in [3.8, 4) is 0 Å². The van der Waals surface area contributed by atoms with Gasteiger partial charge in [-0.2, -0.15) is 39.5 Å². The summed E-state index contributed by atoms with van der Waals surface area (Å²) in [6, 6.07) is 3.00. The first-order chi connectivity index (χ1) is 18.4. The van der Waals surface area contributed by atoms with Crippen LogP contribution in [0.5, 0.6) is 0 Å². The number of carbonyl (C=O) groups excluding carboxylic acids is 2. The number of carboxylic acids is 1. The van der Waals surface area contributed by atoms with Gasteiger partial charge in [0.25, 0.3) is 6.10 Å². The number of benzene rings is 1. The number of amides is 1. The molecule has 224 valence electrons. The Morgan fingerprint density at radius 2 is 1.38 bits per heavy atom. The number of ketones is 1. The van der Waals surface area contributed by atoms with Crippen molar-refractivity contribution in [1.82, 2.24) is 9.80 Å². The molecule has 1 aromatic rings. The van der Waals surface area contributed by atoms with Crippen LogP contribution in [0.2, 0.25) is 0 Å². The van der Waals surface area contributed by atoms with E-state index in [9.17, 15) is 53.9 Å². The van der Waals surface area contributed by atoms with Gasteiger partial charge in [-0.1, -0.05) is 6.07 Å². The third kappa shape index (κ3) is 7.79. The van der Waals surface area contributed by atoms with Gasteiger partial charge in [0.2, 0.25) is 0 Å². The first kappa shape index (κ1) is 31.5. The number of piperazine rings is 1. The first-order valence-electron chi connectivity index (χ1n) is 12.2. The molecule has 40 heavy (non-hydrogen) atoms. The predicted octanol–water partition coefficient (Wildman–Crippen LogP) is 5.53. The lowest BCUT2D eigenvalue weighted by atomic mass is 9.78. The second-order valence-corrected chi connectivity index (χ2v) is 9.74. The number of Topliss-reactive ketones (excluding diaryl/α,β-unsaturated/α-hetero) is 1. The van der Waals surface area contributed by atoms with Crippen LogP contribution in [0.4, 0.5) is 44.3 Å². The van der Waals surface area contributed by atoms with Crippen LogP contribution in [0.3, 0.4) is 0 Å². The van der Waals surface area contributed by atoms with Crippen molar-refractivity contribution in [2.75, 3.05) is 26.2 Å². The van der Waals surface area contributed by atoms with Gasteiger partial charge in [-0.3, -0.25) is 14.5 Å². The Morgan fingerprint density at radius 3 is 1.85 bits per heavy atom. The van der Waals surface area contributed by atoms with Crippen molar-refractivity contribution in [2.24, 2.45) is 11.8 Å². The zero-order valence-corrected chi connectivity index (χ0v) is 20.7. The van der Waals surface area contributed by atoms with Crippen LogP contribution >= 0.6 is 0 Å². The second-order valence-electron chi connectivity index (χ2n) is 9.74. The van der Waals surface area contributed by atoms with E-state index >= 15 is 0 Å². The third-order valence-electron chi connectivity index (χ3n) is 6.95. The molecule has 1 heterocycles. The molecule has 0 bridgehead atoms. The SMILES string of the molecule is O=C(O)C1CCC(C(=O)c2cc(CN3CCN(C(=O)OC(C(F)(F)F)C(F)(F)F)CC3)ccc2C(F)(F)F)CC1. The number of rotatable bonds is 6. The molecule has 0 aromatic heterocycles. The molecule has 1 aliphatic heterocycles. The maximum Gasteiger partial charge on any atom is 0.434 e. The van der Waals surface area contributed by atoms with Crippen LogP contribution in [-0.2, 0) is 22.3 Å². The molecule has 7 nitrogen and oxygen atoms in total. The molecule has 0 spiro atoms. The summed E-state index contributed by atoms with van der Waals surface area (Å²) in [6.07, 6.45) is -22.1. The Bertz CT molecular complexity index is 1070. The molecule has 2 fully saturated rings. The van der Waals surface area contributed by atoms with Gasteiger partial charge in [-0.25, -0.2) is 4.79 Å². The average molecular weight is 592 g/mol. The fourth-order valence-electron chi connectivity index (χ4n) is 4.80.